The Bertz CT molecular complexity index is 209. The number of nitrogens with one attached hydrogen (secondary N) is 1. The average molecular weight is 173 g/mol. The summed E-state index contributed by atoms with van der Waals surface area (Å²) >= 11 is 0. The van der Waals surface area contributed by atoms with Crippen molar-refractivity contribution >= 4 is 18.2 Å². The number of aldehydes is 1. The van der Waals surface area contributed by atoms with Crippen molar-refractivity contribution in [3.8, 4) is 0 Å². The zero-order valence-corrected chi connectivity index (χ0v) is 7.21. The third-order valence-electron chi connectivity index (χ3n) is 1.24. The highest BCUT2D eigenvalue weighted by molar-refractivity contribution is 6.24. The maximum absolute atomic E-state index is 10.9. The third kappa shape index (κ3) is 2.69. The van der Waals surface area contributed by atoms with Crippen molar-refractivity contribution in [1.29, 1.82) is 0 Å². The minimum atomic E-state index is -1.16. The lowest BCUT2D eigenvalue weighted by atomic mass is 10.1. The summed E-state index contributed by atoms with van der Waals surface area (Å²) in [6.45, 7) is 2.89. The Kier molecular flexibility index (Phi) is 3.40. The minimum Gasteiger partial charge on any atom is -0.467 e. The normalized spacial score (nSPS) is 10.2. The van der Waals surface area contributed by atoms with Crippen LogP contribution >= 0.6 is 0 Å². The van der Waals surface area contributed by atoms with Crippen LogP contribution in [0.1, 0.15) is 13.8 Å². The van der Waals surface area contributed by atoms with E-state index in [0.717, 1.165) is 0 Å². The Morgan fingerprint density at radius 3 is 2.25 bits per heavy atom. The summed E-state index contributed by atoms with van der Waals surface area (Å²) in [5.74, 6) is -1.44. The molecule has 0 bridgehead atoms. The van der Waals surface area contributed by atoms with E-state index < -0.39 is 17.4 Å². The molecule has 0 saturated heterocycles. The molecule has 0 aliphatic heterocycles. The van der Waals surface area contributed by atoms with E-state index in [9.17, 15) is 14.4 Å². The molecule has 0 aliphatic carbocycles. The molecule has 0 radical (unpaired) electrons. The molecule has 68 valence electrons. The molecule has 5 heteroatoms. The number of amides is 1. The Labute approximate surface area is 70.1 Å². The number of carbonyl (C=O) groups excluding carboxylic acids is 3. The number of rotatable bonds is 3. The molecule has 0 saturated carbocycles. The number of esters is 1. The maximum Gasteiger partial charge on any atom is 0.330 e. The van der Waals surface area contributed by atoms with Crippen molar-refractivity contribution in [3.05, 3.63) is 0 Å². The average Bonchev–Trinajstić information content (AvgIpc) is 2.02. The largest absolute Gasteiger partial charge is 0.467 e. The Balaban J connectivity index is 4.31. The van der Waals surface area contributed by atoms with E-state index in [1.54, 1.807) is 0 Å². The molecule has 0 aromatic carbocycles. The van der Waals surface area contributed by atoms with Gasteiger partial charge < -0.3 is 10.1 Å². The van der Waals surface area contributed by atoms with E-state index in [2.05, 4.69) is 10.1 Å². The van der Waals surface area contributed by atoms with Gasteiger partial charge in [-0.2, -0.15) is 0 Å². The molecule has 0 spiro atoms. The summed E-state index contributed by atoms with van der Waals surface area (Å²) in [4.78, 5) is 31.4. The first-order chi connectivity index (χ1) is 5.44. The van der Waals surface area contributed by atoms with E-state index in [4.69, 9.17) is 0 Å². The topological polar surface area (TPSA) is 72.5 Å². The van der Waals surface area contributed by atoms with Gasteiger partial charge in [-0.25, -0.2) is 4.79 Å². The first-order valence-corrected chi connectivity index (χ1v) is 3.29. The first kappa shape index (κ1) is 10.6. The highest BCUT2D eigenvalue weighted by atomic mass is 16.5. The molecular weight excluding hydrogens is 162 g/mol. The van der Waals surface area contributed by atoms with Gasteiger partial charge in [0, 0.05) is 0 Å². The molecule has 1 amide bonds. The van der Waals surface area contributed by atoms with E-state index >= 15 is 0 Å². The van der Waals surface area contributed by atoms with Crippen molar-refractivity contribution < 1.29 is 19.1 Å². The summed E-state index contributed by atoms with van der Waals surface area (Å²) in [5, 5.41) is 2.18. The molecule has 0 rings (SSSR count). The summed E-state index contributed by atoms with van der Waals surface area (Å²) < 4.78 is 4.39. The molecule has 0 unspecified atom stereocenters. The van der Waals surface area contributed by atoms with Crippen molar-refractivity contribution in [2.75, 3.05) is 7.11 Å². The fourth-order valence-electron chi connectivity index (χ4n) is 0.644. The lowest BCUT2D eigenvalue weighted by Crippen LogP contribution is -2.50. The number of methoxy groups -OCH3 is 1. The van der Waals surface area contributed by atoms with Crippen LogP contribution in [0.5, 0.6) is 0 Å². The fourth-order valence-corrected chi connectivity index (χ4v) is 0.644. The third-order valence-corrected chi connectivity index (χ3v) is 1.24. The molecule has 0 aliphatic rings. The van der Waals surface area contributed by atoms with E-state index in [-0.39, 0.29) is 6.29 Å². The highest BCUT2D eigenvalue weighted by Gasteiger charge is 2.29. The SMILES string of the molecule is COC(=O)C(C)(C)NC(=O)C=O. The molecule has 0 aromatic rings. The lowest BCUT2D eigenvalue weighted by Gasteiger charge is -2.21. The lowest BCUT2D eigenvalue weighted by molar-refractivity contribution is -0.149. The quantitative estimate of drug-likeness (QED) is 0.346. The van der Waals surface area contributed by atoms with Crippen molar-refractivity contribution in [2.45, 2.75) is 19.4 Å². The summed E-state index contributed by atoms with van der Waals surface area (Å²) in [5.41, 5.74) is -1.16. The Hall–Kier alpha value is -1.39. The number of hydrogen-bond acceptors (Lipinski definition) is 4. The smallest absolute Gasteiger partial charge is 0.330 e. The summed E-state index contributed by atoms with van der Waals surface area (Å²) in [7, 11) is 1.21. The fraction of sp³-hybridized carbons (Fsp3) is 0.571. The van der Waals surface area contributed by atoms with Crippen LogP contribution in [0.25, 0.3) is 0 Å². The van der Waals surface area contributed by atoms with Gasteiger partial charge in [-0.15, -0.1) is 0 Å². The van der Waals surface area contributed by atoms with Crippen LogP contribution < -0.4 is 5.32 Å². The highest BCUT2D eigenvalue weighted by Crippen LogP contribution is 2.03. The molecule has 0 heterocycles. The van der Waals surface area contributed by atoms with Crippen LogP contribution in [0, 0.1) is 0 Å². The Morgan fingerprint density at radius 1 is 1.42 bits per heavy atom. The van der Waals surface area contributed by atoms with Crippen molar-refractivity contribution in [1.82, 2.24) is 5.32 Å². The van der Waals surface area contributed by atoms with Gasteiger partial charge in [-0.3, -0.25) is 9.59 Å². The number of hydrogen-bond donors (Lipinski definition) is 1. The predicted molar refractivity (Wildman–Crippen MR) is 40.3 cm³/mol. The second kappa shape index (κ2) is 3.85. The molecule has 0 atom stereocenters. The van der Waals surface area contributed by atoms with Gasteiger partial charge in [-0.05, 0) is 13.8 Å². The standard InChI is InChI=1S/C7H11NO4/c1-7(2,6(11)12-3)8-5(10)4-9/h4H,1-3H3,(H,8,10). The van der Waals surface area contributed by atoms with Gasteiger partial charge in [0.25, 0.3) is 5.91 Å². The molecule has 0 fully saturated rings. The van der Waals surface area contributed by atoms with Gasteiger partial charge in [0.05, 0.1) is 7.11 Å². The van der Waals surface area contributed by atoms with Crippen LogP contribution in [0.15, 0.2) is 0 Å². The van der Waals surface area contributed by atoms with Gasteiger partial charge >= 0.3 is 5.97 Å². The van der Waals surface area contributed by atoms with Gasteiger partial charge in [-0.1, -0.05) is 0 Å². The first-order valence-electron chi connectivity index (χ1n) is 3.29. The van der Waals surface area contributed by atoms with Gasteiger partial charge in [0.1, 0.15) is 5.54 Å². The maximum atomic E-state index is 10.9. The Morgan fingerprint density at radius 2 is 1.92 bits per heavy atom. The zero-order chi connectivity index (χ0) is 9.78. The second-order valence-electron chi connectivity index (χ2n) is 2.72. The van der Waals surface area contributed by atoms with Crippen LogP contribution in [0.3, 0.4) is 0 Å². The van der Waals surface area contributed by atoms with Crippen LogP contribution in [-0.4, -0.2) is 30.8 Å². The second-order valence-corrected chi connectivity index (χ2v) is 2.72. The molecule has 12 heavy (non-hydrogen) atoms. The summed E-state index contributed by atoms with van der Waals surface area (Å²) in [6.07, 6.45) is 0.102. The van der Waals surface area contributed by atoms with E-state index in [1.807, 2.05) is 0 Å². The van der Waals surface area contributed by atoms with E-state index in [1.165, 1.54) is 21.0 Å². The predicted octanol–water partition coefficient (Wildman–Crippen LogP) is -0.747. The van der Waals surface area contributed by atoms with Crippen LogP contribution in [0.4, 0.5) is 0 Å². The van der Waals surface area contributed by atoms with Crippen molar-refractivity contribution in [2.24, 2.45) is 0 Å². The number of ether oxygens (including phenoxy) is 1. The molecule has 1 N–H and O–H groups in total. The summed E-state index contributed by atoms with van der Waals surface area (Å²) in [6, 6.07) is 0. The molecular formula is C7H11NO4. The van der Waals surface area contributed by atoms with Gasteiger partial charge in [0.15, 0.2) is 0 Å². The van der Waals surface area contributed by atoms with Gasteiger partial charge in [0.2, 0.25) is 6.29 Å². The number of carbonyl (C=O) groups is 3. The van der Waals surface area contributed by atoms with Crippen LogP contribution in [0.2, 0.25) is 0 Å². The zero-order valence-electron chi connectivity index (χ0n) is 7.21. The monoisotopic (exact) mass is 173 g/mol. The van der Waals surface area contributed by atoms with Crippen molar-refractivity contribution in [3.63, 3.8) is 0 Å². The molecule has 0 aromatic heterocycles. The van der Waals surface area contributed by atoms with Crippen LogP contribution in [-0.2, 0) is 19.1 Å². The minimum absolute atomic E-state index is 0.102. The van der Waals surface area contributed by atoms with E-state index in [0.29, 0.717) is 0 Å². The molecule has 5 nitrogen and oxygen atoms in total.